The van der Waals surface area contributed by atoms with Gasteiger partial charge in [0.05, 0.1) is 6.61 Å². The van der Waals surface area contributed by atoms with Crippen molar-refractivity contribution in [2.24, 2.45) is 0 Å². The van der Waals surface area contributed by atoms with Crippen LogP contribution in [0.1, 0.15) is 12.8 Å². The minimum absolute atomic E-state index is 0. The zero-order valence-corrected chi connectivity index (χ0v) is 13.4. The second-order valence-electron chi connectivity index (χ2n) is 4.03. The van der Waals surface area contributed by atoms with E-state index in [4.69, 9.17) is 4.74 Å². The number of nitrogens with zero attached hydrogens (tertiary/aromatic N) is 2. The van der Waals surface area contributed by atoms with Gasteiger partial charge in [0.2, 0.25) is 5.88 Å². The Hall–Kier alpha value is 0.0300. The van der Waals surface area contributed by atoms with Crippen molar-refractivity contribution < 1.29 is 4.74 Å². The lowest BCUT2D eigenvalue weighted by atomic mass is 10.3. The van der Waals surface area contributed by atoms with Gasteiger partial charge in [-0.05, 0) is 41.4 Å². The number of pyridine rings is 1. The van der Waals surface area contributed by atoms with Gasteiger partial charge in [0.15, 0.2) is 0 Å². The molecule has 3 nitrogen and oxygen atoms in total. The Kier molecular flexibility index (Phi) is 8.06. The summed E-state index contributed by atoms with van der Waals surface area (Å²) in [6.45, 7) is 3.21. The van der Waals surface area contributed by atoms with Gasteiger partial charge >= 0.3 is 0 Å². The Labute approximate surface area is 127 Å². The van der Waals surface area contributed by atoms with E-state index in [2.05, 4.69) is 25.8 Å². The molecule has 0 N–H and O–H groups in total. The first-order chi connectivity index (χ1) is 8.34. The number of rotatable bonds is 6. The Morgan fingerprint density at radius 2 is 2.28 bits per heavy atom. The van der Waals surface area contributed by atoms with Crippen molar-refractivity contribution in [1.29, 1.82) is 0 Å². The van der Waals surface area contributed by atoms with Gasteiger partial charge in [0.1, 0.15) is 0 Å². The standard InChI is InChI=1S/C12H17BrN2OS.ClH/c13-11-3-4-12(14-9-11)16-7-2-1-5-15-6-8-17-10-15;/h3-4,9H,1-2,5-8,10H2;1H. The average molecular weight is 354 g/mol. The lowest BCUT2D eigenvalue weighted by molar-refractivity contribution is 0.276. The molecule has 1 saturated heterocycles. The molecule has 0 amide bonds. The van der Waals surface area contributed by atoms with E-state index in [1.807, 2.05) is 23.9 Å². The third-order valence-electron chi connectivity index (χ3n) is 2.64. The van der Waals surface area contributed by atoms with Crippen LogP contribution in [-0.2, 0) is 0 Å². The Morgan fingerprint density at radius 3 is 2.94 bits per heavy atom. The quantitative estimate of drug-likeness (QED) is 0.732. The molecule has 0 bridgehead atoms. The molecular formula is C12H18BrClN2OS. The summed E-state index contributed by atoms with van der Waals surface area (Å²) in [5.41, 5.74) is 0. The smallest absolute Gasteiger partial charge is 0.213 e. The number of unbranched alkanes of at least 4 members (excludes halogenated alkanes) is 1. The molecule has 102 valence electrons. The highest BCUT2D eigenvalue weighted by molar-refractivity contribution is 9.10. The number of thioether (sulfide) groups is 1. The molecule has 2 heterocycles. The monoisotopic (exact) mass is 352 g/mol. The summed E-state index contributed by atoms with van der Waals surface area (Å²) in [6.07, 6.45) is 4.06. The van der Waals surface area contributed by atoms with Gasteiger partial charge in [0.25, 0.3) is 0 Å². The minimum atomic E-state index is 0. The topological polar surface area (TPSA) is 25.4 Å². The van der Waals surface area contributed by atoms with Crippen LogP contribution in [0.3, 0.4) is 0 Å². The number of hydrogen-bond acceptors (Lipinski definition) is 4. The summed E-state index contributed by atoms with van der Waals surface area (Å²) in [4.78, 5) is 6.67. The summed E-state index contributed by atoms with van der Waals surface area (Å²) in [7, 11) is 0. The normalized spacial score (nSPS) is 15.4. The van der Waals surface area contributed by atoms with Crippen LogP contribution in [0, 0.1) is 0 Å². The molecule has 0 spiro atoms. The molecule has 0 unspecified atom stereocenters. The van der Waals surface area contributed by atoms with Gasteiger partial charge in [-0.3, -0.25) is 4.90 Å². The van der Waals surface area contributed by atoms with Crippen molar-refractivity contribution in [3.8, 4) is 5.88 Å². The fraction of sp³-hybridized carbons (Fsp3) is 0.583. The first-order valence-electron chi connectivity index (χ1n) is 5.89. The third kappa shape index (κ3) is 5.78. The molecule has 1 aliphatic heterocycles. The Bertz CT molecular complexity index is 333. The summed E-state index contributed by atoms with van der Waals surface area (Å²) in [5, 5.41) is 0. The maximum absolute atomic E-state index is 5.57. The SMILES string of the molecule is Brc1ccc(OCCCCN2CCSC2)nc1.Cl. The van der Waals surface area contributed by atoms with E-state index in [-0.39, 0.29) is 12.4 Å². The van der Waals surface area contributed by atoms with Crippen LogP contribution in [0.2, 0.25) is 0 Å². The molecule has 1 aromatic rings. The predicted molar refractivity (Wildman–Crippen MR) is 82.8 cm³/mol. The molecule has 0 aliphatic carbocycles. The van der Waals surface area contributed by atoms with E-state index >= 15 is 0 Å². The average Bonchev–Trinajstić information content (AvgIpc) is 2.84. The summed E-state index contributed by atoms with van der Waals surface area (Å²) >= 11 is 5.38. The van der Waals surface area contributed by atoms with E-state index < -0.39 is 0 Å². The molecule has 18 heavy (non-hydrogen) atoms. The maximum Gasteiger partial charge on any atom is 0.213 e. The van der Waals surface area contributed by atoms with Crippen LogP contribution in [0.5, 0.6) is 5.88 Å². The summed E-state index contributed by atoms with van der Waals surface area (Å²) < 4.78 is 6.55. The molecule has 1 aromatic heterocycles. The van der Waals surface area contributed by atoms with E-state index in [0.29, 0.717) is 5.88 Å². The molecule has 0 saturated carbocycles. The minimum Gasteiger partial charge on any atom is -0.478 e. The first kappa shape index (κ1) is 16.1. The highest BCUT2D eigenvalue weighted by Crippen LogP contribution is 2.14. The van der Waals surface area contributed by atoms with E-state index in [9.17, 15) is 0 Å². The van der Waals surface area contributed by atoms with Crippen LogP contribution in [0.25, 0.3) is 0 Å². The highest BCUT2D eigenvalue weighted by atomic mass is 79.9. The number of ether oxygens (including phenoxy) is 1. The van der Waals surface area contributed by atoms with Crippen LogP contribution in [0.15, 0.2) is 22.8 Å². The zero-order valence-electron chi connectivity index (χ0n) is 10.2. The number of halogens is 2. The molecule has 0 aromatic carbocycles. The second-order valence-corrected chi connectivity index (χ2v) is 6.02. The van der Waals surface area contributed by atoms with Crippen molar-refractivity contribution >= 4 is 40.1 Å². The number of hydrogen-bond donors (Lipinski definition) is 0. The van der Waals surface area contributed by atoms with Gasteiger partial charge in [-0.25, -0.2) is 4.98 Å². The summed E-state index contributed by atoms with van der Waals surface area (Å²) in [6, 6.07) is 3.84. The van der Waals surface area contributed by atoms with Crippen molar-refractivity contribution in [1.82, 2.24) is 9.88 Å². The first-order valence-corrected chi connectivity index (χ1v) is 7.84. The van der Waals surface area contributed by atoms with Gasteiger partial charge in [-0.15, -0.1) is 24.2 Å². The van der Waals surface area contributed by atoms with Crippen LogP contribution < -0.4 is 4.74 Å². The van der Waals surface area contributed by atoms with Crippen molar-refractivity contribution in [2.45, 2.75) is 12.8 Å². The zero-order chi connectivity index (χ0) is 11.9. The van der Waals surface area contributed by atoms with Crippen molar-refractivity contribution in [3.63, 3.8) is 0 Å². The number of aromatic nitrogens is 1. The van der Waals surface area contributed by atoms with E-state index in [1.54, 1.807) is 6.20 Å². The Balaban J connectivity index is 0.00000162. The van der Waals surface area contributed by atoms with E-state index in [1.165, 1.54) is 31.1 Å². The molecular weight excluding hydrogens is 336 g/mol. The van der Waals surface area contributed by atoms with E-state index in [0.717, 1.165) is 17.5 Å². The third-order valence-corrected chi connectivity index (χ3v) is 4.13. The molecule has 0 atom stereocenters. The predicted octanol–water partition coefficient (Wildman–Crippen LogP) is 3.43. The van der Waals surface area contributed by atoms with Gasteiger partial charge in [-0.2, -0.15) is 0 Å². The van der Waals surface area contributed by atoms with Crippen LogP contribution >= 0.6 is 40.1 Å². The fourth-order valence-corrected chi connectivity index (χ4v) is 2.96. The van der Waals surface area contributed by atoms with Crippen LogP contribution in [0.4, 0.5) is 0 Å². The van der Waals surface area contributed by atoms with Gasteiger partial charge < -0.3 is 4.74 Å². The largest absolute Gasteiger partial charge is 0.478 e. The van der Waals surface area contributed by atoms with Gasteiger partial charge in [-0.1, -0.05) is 0 Å². The fourth-order valence-electron chi connectivity index (χ4n) is 1.69. The van der Waals surface area contributed by atoms with Crippen molar-refractivity contribution in [2.75, 3.05) is 31.3 Å². The molecule has 2 rings (SSSR count). The molecule has 1 aliphatic rings. The maximum atomic E-state index is 5.57. The molecule has 1 fully saturated rings. The second kappa shape index (κ2) is 9.02. The molecule has 0 radical (unpaired) electrons. The lowest BCUT2D eigenvalue weighted by Crippen LogP contribution is -2.21. The molecule has 6 heteroatoms. The Morgan fingerprint density at radius 1 is 1.39 bits per heavy atom. The highest BCUT2D eigenvalue weighted by Gasteiger charge is 2.10. The van der Waals surface area contributed by atoms with Gasteiger partial charge in [0, 0.05) is 34.9 Å². The van der Waals surface area contributed by atoms with Crippen molar-refractivity contribution in [3.05, 3.63) is 22.8 Å². The lowest BCUT2D eigenvalue weighted by Gasteiger charge is -2.13. The van der Waals surface area contributed by atoms with Crippen LogP contribution in [-0.4, -0.2) is 41.2 Å². The summed E-state index contributed by atoms with van der Waals surface area (Å²) in [5.74, 6) is 3.21.